The Morgan fingerprint density at radius 3 is 2.67 bits per heavy atom. The Morgan fingerprint density at radius 1 is 1.24 bits per heavy atom. The highest BCUT2D eigenvalue weighted by Gasteiger charge is 2.32. The molecule has 2 nitrogen and oxygen atoms in total. The number of hydrogen-bond acceptors (Lipinski definition) is 2. The van der Waals surface area contributed by atoms with E-state index in [4.69, 9.17) is 4.74 Å². The molecule has 1 aliphatic carbocycles. The van der Waals surface area contributed by atoms with Crippen LogP contribution in [0.25, 0.3) is 0 Å². The molecule has 1 aromatic carbocycles. The second-order valence-corrected chi connectivity index (χ2v) is 6.54. The second-order valence-electron chi connectivity index (χ2n) is 6.54. The van der Waals surface area contributed by atoms with Crippen molar-refractivity contribution in [1.82, 2.24) is 5.32 Å². The van der Waals surface area contributed by atoms with Gasteiger partial charge in [-0.2, -0.15) is 0 Å². The van der Waals surface area contributed by atoms with Crippen LogP contribution in [-0.4, -0.2) is 25.3 Å². The molecule has 2 heteroatoms. The van der Waals surface area contributed by atoms with Crippen molar-refractivity contribution in [2.75, 3.05) is 13.7 Å². The summed E-state index contributed by atoms with van der Waals surface area (Å²) in [4.78, 5) is 0. The Hall–Kier alpha value is -0.860. The summed E-state index contributed by atoms with van der Waals surface area (Å²) in [6, 6.07) is 7.45. The van der Waals surface area contributed by atoms with E-state index < -0.39 is 0 Å². The molecule has 0 aromatic heterocycles. The Balaban J connectivity index is 2.14. The highest BCUT2D eigenvalue weighted by molar-refractivity contribution is 5.35. The van der Waals surface area contributed by atoms with Gasteiger partial charge in [-0.3, -0.25) is 0 Å². The maximum absolute atomic E-state index is 5.85. The first kappa shape index (κ1) is 16.5. The van der Waals surface area contributed by atoms with Gasteiger partial charge < -0.3 is 10.1 Å². The molecule has 0 fully saturated rings. The molecule has 0 amide bonds. The normalized spacial score (nSPS) is 18.3. The van der Waals surface area contributed by atoms with Crippen molar-refractivity contribution >= 4 is 0 Å². The van der Waals surface area contributed by atoms with E-state index in [1.54, 1.807) is 11.1 Å². The standard InChI is InChI=1S/C19H31NO/c1-5-12-20-18(19(3,6-2)21-4)14-15-10-11-16-8-7-9-17(16)13-15/h10-11,13,18,20H,5-9,12,14H2,1-4H3. The van der Waals surface area contributed by atoms with E-state index in [0.717, 1.165) is 25.8 Å². The van der Waals surface area contributed by atoms with Gasteiger partial charge in [0.15, 0.2) is 0 Å². The fraction of sp³-hybridized carbons (Fsp3) is 0.684. The highest BCUT2D eigenvalue weighted by Crippen LogP contribution is 2.26. The summed E-state index contributed by atoms with van der Waals surface area (Å²) in [5.41, 5.74) is 4.47. The summed E-state index contributed by atoms with van der Waals surface area (Å²) in [5, 5.41) is 3.70. The van der Waals surface area contributed by atoms with Gasteiger partial charge in [-0.25, -0.2) is 0 Å². The molecule has 21 heavy (non-hydrogen) atoms. The monoisotopic (exact) mass is 289 g/mol. The molecule has 0 spiro atoms. The predicted molar refractivity (Wildman–Crippen MR) is 90.0 cm³/mol. The molecular weight excluding hydrogens is 258 g/mol. The van der Waals surface area contributed by atoms with Crippen LogP contribution < -0.4 is 5.32 Å². The average molecular weight is 289 g/mol. The largest absolute Gasteiger partial charge is 0.377 e. The zero-order valence-electron chi connectivity index (χ0n) is 14.2. The van der Waals surface area contributed by atoms with Gasteiger partial charge in [-0.15, -0.1) is 0 Å². The minimum absolute atomic E-state index is 0.103. The molecule has 1 aliphatic rings. The molecule has 1 N–H and O–H groups in total. The molecule has 1 aromatic rings. The smallest absolute Gasteiger partial charge is 0.0803 e. The molecule has 2 atom stereocenters. The Bertz CT molecular complexity index is 451. The lowest BCUT2D eigenvalue weighted by atomic mass is 9.87. The molecule has 0 saturated heterocycles. The molecule has 0 saturated carbocycles. The number of ether oxygens (including phenoxy) is 1. The minimum atomic E-state index is -0.103. The molecule has 0 aliphatic heterocycles. The second kappa shape index (κ2) is 7.42. The van der Waals surface area contributed by atoms with Crippen LogP contribution in [0.15, 0.2) is 18.2 Å². The van der Waals surface area contributed by atoms with Crippen molar-refractivity contribution < 1.29 is 4.74 Å². The van der Waals surface area contributed by atoms with E-state index >= 15 is 0 Å². The fourth-order valence-electron chi connectivity index (χ4n) is 3.34. The quantitative estimate of drug-likeness (QED) is 0.783. The Kier molecular flexibility index (Phi) is 5.83. The highest BCUT2D eigenvalue weighted by atomic mass is 16.5. The van der Waals surface area contributed by atoms with E-state index in [1.165, 1.54) is 24.8 Å². The third kappa shape index (κ3) is 3.87. The van der Waals surface area contributed by atoms with Crippen molar-refractivity contribution in [3.8, 4) is 0 Å². The van der Waals surface area contributed by atoms with Crippen molar-refractivity contribution in [3.63, 3.8) is 0 Å². The van der Waals surface area contributed by atoms with Crippen LogP contribution in [-0.2, 0) is 24.0 Å². The van der Waals surface area contributed by atoms with Gasteiger partial charge in [0.2, 0.25) is 0 Å². The minimum Gasteiger partial charge on any atom is -0.377 e. The third-order valence-electron chi connectivity index (χ3n) is 5.15. The molecule has 2 unspecified atom stereocenters. The SMILES string of the molecule is CCCNC(Cc1ccc2c(c1)CCC2)C(C)(CC)OC. The first-order chi connectivity index (χ1) is 10.1. The van der Waals surface area contributed by atoms with Gasteiger partial charge in [0.1, 0.15) is 0 Å². The number of benzene rings is 1. The van der Waals surface area contributed by atoms with Crippen molar-refractivity contribution in [2.45, 2.75) is 70.9 Å². The number of aryl methyl sites for hydroxylation is 2. The van der Waals surface area contributed by atoms with Crippen LogP contribution in [0.5, 0.6) is 0 Å². The number of methoxy groups -OCH3 is 1. The van der Waals surface area contributed by atoms with Gasteiger partial charge in [-0.05, 0) is 68.7 Å². The average Bonchev–Trinajstić information content (AvgIpc) is 2.98. The zero-order valence-corrected chi connectivity index (χ0v) is 14.2. The van der Waals surface area contributed by atoms with Crippen LogP contribution in [0, 0.1) is 0 Å². The summed E-state index contributed by atoms with van der Waals surface area (Å²) in [6.45, 7) is 7.71. The molecule has 0 heterocycles. The van der Waals surface area contributed by atoms with E-state index in [9.17, 15) is 0 Å². The van der Waals surface area contributed by atoms with Crippen molar-refractivity contribution in [2.24, 2.45) is 0 Å². The van der Waals surface area contributed by atoms with Crippen LogP contribution >= 0.6 is 0 Å². The number of rotatable bonds is 8. The van der Waals surface area contributed by atoms with Gasteiger partial charge in [0.25, 0.3) is 0 Å². The van der Waals surface area contributed by atoms with E-state index in [2.05, 4.69) is 44.3 Å². The lowest BCUT2D eigenvalue weighted by Gasteiger charge is -2.37. The summed E-state index contributed by atoms with van der Waals surface area (Å²) < 4.78 is 5.85. The van der Waals surface area contributed by atoms with E-state index in [-0.39, 0.29) is 5.60 Å². The third-order valence-corrected chi connectivity index (χ3v) is 5.15. The van der Waals surface area contributed by atoms with Crippen molar-refractivity contribution in [3.05, 3.63) is 34.9 Å². The van der Waals surface area contributed by atoms with E-state index in [1.807, 2.05) is 7.11 Å². The summed E-state index contributed by atoms with van der Waals surface area (Å²) in [6.07, 6.45) is 7.07. The topological polar surface area (TPSA) is 21.3 Å². The molecule has 2 rings (SSSR count). The van der Waals surface area contributed by atoms with Gasteiger partial charge >= 0.3 is 0 Å². The first-order valence-electron chi connectivity index (χ1n) is 8.52. The molecule has 0 bridgehead atoms. The Labute approximate surface area is 130 Å². The number of hydrogen-bond donors (Lipinski definition) is 1. The predicted octanol–water partition coefficient (Wildman–Crippen LogP) is 3.90. The lowest BCUT2D eigenvalue weighted by Crippen LogP contribution is -2.51. The molecule has 118 valence electrons. The zero-order chi connectivity index (χ0) is 15.3. The van der Waals surface area contributed by atoms with Crippen LogP contribution in [0.1, 0.15) is 56.7 Å². The molecule has 0 radical (unpaired) electrons. The maximum atomic E-state index is 5.85. The number of nitrogens with one attached hydrogen (secondary N) is 1. The van der Waals surface area contributed by atoms with Crippen LogP contribution in [0.4, 0.5) is 0 Å². The first-order valence-corrected chi connectivity index (χ1v) is 8.52. The fourth-order valence-corrected chi connectivity index (χ4v) is 3.34. The van der Waals surface area contributed by atoms with Crippen LogP contribution in [0.2, 0.25) is 0 Å². The summed E-state index contributed by atoms with van der Waals surface area (Å²) in [7, 11) is 1.84. The van der Waals surface area contributed by atoms with Gasteiger partial charge in [-0.1, -0.05) is 32.0 Å². The van der Waals surface area contributed by atoms with Crippen LogP contribution in [0.3, 0.4) is 0 Å². The maximum Gasteiger partial charge on any atom is 0.0803 e. The summed E-state index contributed by atoms with van der Waals surface area (Å²) >= 11 is 0. The van der Waals surface area contributed by atoms with Crippen molar-refractivity contribution in [1.29, 1.82) is 0 Å². The van der Waals surface area contributed by atoms with E-state index in [0.29, 0.717) is 6.04 Å². The van der Waals surface area contributed by atoms with Gasteiger partial charge in [0.05, 0.1) is 5.60 Å². The Morgan fingerprint density at radius 2 is 2.00 bits per heavy atom. The molecular formula is C19H31NO. The lowest BCUT2D eigenvalue weighted by molar-refractivity contribution is -0.0287. The number of fused-ring (bicyclic) bond motifs is 1. The summed E-state index contributed by atoms with van der Waals surface area (Å²) in [5.74, 6) is 0. The van der Waals surface area contributed by atoms with Gasteiger partial charge in [0, 0.05) is 13.2 Å².